The average Bonchev–Trinajstić information content (AvgIpc) is 2.75. The van der Waals surface area contributed by atoms with E-state index in [9.17, 15) is 19.5 Å². The van der Waals surface area contributed by atoms with Gasteiger partial charge in [0.25, 0.3) is 0 Å². The number of hydrogen-bond donors (Lipinski definition) is 3. The van der Waals surface area contributed by atoms with E-state index in [1.165, 1.54) is 11.0 Å². The van der Waals surface area contributed by atoms with Gasteiger partial charge in [0.05, 0.1) is 6.61 Å². The van der Waals surface area contributed by atoms with E-state index in [2.05, 4.69) is 24.1 Å². The van der Waals surface area contributed by atoms with Crippen molar-refractivity contribution in [3.8, 4) is 0 Å². The number of amides is 3. The molecule has 0 heterocycles. The van der Waals surface area contributed by atoms with E-state index < -0.39 is 36.3 Å². The molecule has 0 saturated carbocycles. The molecule has 2 atom stereocenters. The summed E-state index contributed by atoms with van der Waals surface area (Å²) in [6.07, 6.45) is 3.52. The molecule has 0 aliphatic heterocycles. The van der Waals surface area contributed by atoms with Gasteiger partial charge < -0.3 is 25.4 Å². The van der Waals surface area contributed by atoms with Crippen molar-refractivity contribution >= 4 is 17.9 Å². The molecule has 1 aromatic rings. The van der Waals surface area contributed by atoms with E-state index in [0.717, 1.165) is 30.4 Å². The van der Waals surface area contributed by atoms with Crippen molar-refractivity contribution in [2.75, 3.05) is 19.7 Å². The van der Waals surface area contributed by atoms with Gasteiger partial charge in [-0.3, -0.25) is 9.59 Å². The van der Waals surface area contributed by atoms with E-state index in [4.69, 9.17) is 4.74 Å². The lowest BCUT2D eigenvalue weighted by atomic mass is 9.96. The molecule has 0 aliphatic rings. The highest BCUT2D eigenvalue weighted by molar-refractivity contribution is 5.92. The van der Waals surface area contributed by atoms with Crippen LogP contribution in [0.1, 0.15) is 69.7 Å². The molecule has 2 unspecified atom stereocenters. The summed E-state index contributed by atoms with van der Waals surface area (Å²) in [6.45, 7) is 14.6. The largest absolute Gasteiger partial charge is 0.444 e. The number of nitrogens with zero attached hydrogens (tertiary/aromatic N) is 1. The maximum atomic E-state index is 13.5. The Kier molecular flexibility index (Phi) is 11.8. The lowest BCUT2D eigenvalue weighted by molar-refractivity contribution is -0.142. The van der Waals surface area contributed by atoms with Crippen LogP contribution in [0.15, 0.2) is 30.9 Å². The number of aryl methyl sites for hydroxylation is 2. The molecule has 0 radical (unpaired) electrons. The second kappa shape index (κ2) is 13.7. The molecule has 3 amide bonds. The van der Waals surface area contributed by atoms with E-state index in [1.807, 2.05) is 32.0 Å². The first kappa shape index (κ1) is 29.2. The summed E-state index contributed by atoms with van der Waals surface area (Å²) in [4.78, 5) is 40.5. The van der Waals surface area contributed by atoms with Crippen molar-refractivity contribution in [3.63, 3.8) is 0 Å². The van der Waals surface area contributed by atoms with E-state index in [0.29, 0.717) is 12.1 Å². The molecule has 1 rings (SSSR count). The van der Waals surface area contributed by atoms with Gasteiger partial charge in [-0.2, -0.15) is 0 Å². The van der Waals surface area contributed by atoms with Gasteiger partial charge in [0.15, 0.2) is 0 Å². The molecular weight excluding hydrogens is 434 g/mol. The number of nitrogens with one attached hydrogen (secondary N) is 2. The highest BCUT2D eigenvalue weighted by Crippen LogP contribution is 2.26. The minimum atomic E-state index is -1.28. The minimum absolute atomic E-state index is 0.0474. The normalized spacial score (nSPS) is 12.9. The molecular formula is C26H41N3O5. The van der Waals surface area contributed by atoms with E-state index in [-0.39, 0.29) is 12.5 Å². The van der Waals surface area contributed by atoms with Crippen molar-refractivity contribution in [1.82, 2.24) is 15.5 Å². The number of hydrogen-bond acceptors (Lipinski definition) is 5. The van der Waals surface area contributed by atoms with Crippen LogP contribution >= 0.6 is 0 Å². The zero-order chi connectivity index (χ0) is 25.9. The molecule has 0 spiro atoms. The summed E-state index contributed by atoms with van der Waals surface area (Å²) >= 11 is 0. The van der Waals surface area contributed by atoms with E-state index >= 15 is 0 Å². The topological polar surface area (TPSA) is 108 Å². The number of alkyl carbamates (subject to hydrolysis) is 1. The van der Waals surface area contributed by atoms with Gasteiger partial charge in [0.2, 0.25) is 11.8 Å². The molecule has 0 saturated heterocycles. The predicted molar refractivity (Wildman–Crippen MR) is 133 cm³/mol. The second-order valence-electron chi connectivity index (χ2n) is 9.42. The van der Waals surface area contributed by atoms with Crippen LogP contribution in [-0.4, -0.2) is 59.3 Å². The van der Waals surface area contributed by atoms with Crippen molar-refractivity contribution in [1.29, 1.82) is 0 Å². The summed E-state index contributed by atoms with van der Waals surface area (Å²) in [6, 6.07) is 3.48. The van der Waals surface area contributed by atoms with Gasteiger partial charge in [-0.15, -0.1) is 6.58 Å². The quantitative estimate of drug-likeness (QED) is 0.316. The van der Waals surface area contributed by atoms with Crippen LogP contribution in [0.5, 0.6) is 0 Å². The number of ether oxygens (including phenoxy) is 1. The number of carbonyl (C=O) groups excluding carboxylic acids is 3. The van der Waals surface area contributed by atoms with Crippen molar-refractivity contribution in [2.45, 2.75) is 78.5 Å². The Labute approximate surface area is 203 Å². The molecule has 1 aromatic carbocycles. The maximum absolute atomic E-state index is 13.5. The Balaban J connectivity index is 3.34. The predicted octanol–water partition coefficient (Wildman–Crippen LogP) is 3.55. The molecule has 8 nitrogen and oxygen atoms in total. The summed E-state index contributed by atoms with van der Waals surface area (Å²) in [5, 5.41) is 15.3. The summed E-state index contributed by atoms with van der Waals surface area (Å²) < 4.78 is 5.23. The Bertz CT molecular complexity index is 847. The number of benzene rings is 1. The summed E-state index contributed by atoms with van der Waals surface area (Å²) in [5.74, 6) is -0.933. The second-order valence-corrected chi connectivity index (χ2v) is 9.42. The highest BCUT2D eigenvalue weighted by atomic mass is 16.6. The van der Waals surface area contributed by atoms with Crippen molar-refractivity contribution in [3.05, 3.63) is 47.5 Å². The van der Waals surface area contributed by atoms with E-state index in [1.54, 1.807) is 20.8 Å². The summed E-state index contributed by atoms with van der Waals surface area (Å²) in [5.41, 5.74) is 1.70. The highest BCUT2D eigenvalue weighted by Gasteiger charge is 2.36. The van der Waals surface area contributed by atoms with Crippen LogP contribution in [0, 0.1) is 13.8 Å². The van der Waals surface area contributed by atoms with Gasteiger partial charge in [-0.05, 0) is 52.2 Å². The van der Waals surface area contributed by atoms with Gasteiger partial charge >= 0.3 is 6.09 Å². The number of aliphatic hydroxyl groups excluding tert-OH is 1. The Morgan fingerprint density at radius 3 is 2.44 bits per heavy atom. The third-order valence-corrected chi connectivity index (χ3v) is 5.15. The minimum Gasteiger partial charge on any atom is -0.444 e. The first-order valence-corrected chi connectivity index (χ1v) is 11.8. The van der Waals surface area contributed by atoms with Crippen LogP contribution < -0.4 is 10.6 Å². The number of aliphatic hydroxyl groups is 1. The van der Waals surface area contributed by atoms with Crippen LogP contribution in [0.3, 0.4) is 0 Å². The zero-order valence-electron chi connectivity index (χ0n) is 21.4. The molecule has 0 aliphatic carbocycles. The third kappa shape index (κ3) is 9.17. The molecule has 34 heavy (non-hydrogen) atoms. The van der Waals surface area contributed by atoms with Crippen LogP contribution in [0.2, 0.25) is 0 Å². The van der Waals surface area contributed by atoms with Crippen molar-refractivity contribution in [2.24, 2.45) is 0 Å². The number of rotatable bonds is 12. The van der Waals surface area contributed by atoms with Crippen LogP contribution in [-0.2, 0) is 14.3 Å². The molecule has 0 aromatic heterocycles. The first-order chi connectivity index (χ1) is 15.9. The fraction of sp³-hybridized carbons (Fsp3) is 0.577. The molecule has 0 bridgehead atoms. The van der Waals surface area contributed by atoms with Crippen molar-refractivity contribution < 1.29 is 24.2 Å². The van der Waals surface area contributed by atoms with Crippen LogP contribution in [0.25, 0.3) is 0 Å². The standard InChI is InChI=1S/C26H41N3O5/c1-8-10-11-14-27-23(31)22(20-16-18(3)12-13-19(20)4)29(15-9-2)24(32)21(17-30)28-25(33)34-26(5,6)7/h9,12-13,16,21-22,30H,2,8,10-11,14-15,17H2,1,3-7H3,(H,27,31)(H,28,33). The molecule has 190 valence electrons. The average molecular weight is 476 g/mol. The van der Waals surface area contributed by atoms with Gasteiger partial charge in [0, 0.05) is 13.1 Å². The summed E-state index contributed by atoms with van der Waals surface area (Å²) in [7, 11) is 0. The number of unbranched alkanes of at least 4 members (excludes halogenated alkanes) is 2. The molecule has 0 fully saturated rings. The lowest BCUT2D eigenvalue weighted by Gasteiger charge is -2.34. The monoisotopic (exact) mass is 475 g/mol. The maximum Gasteiger partial charge on any atom is 0.408 e. The fourth-order valence-corrected chi connectivity index (χ4v) is 3.49. The third-order valence-electron chi connectivity index (χ3n) is 5.15. The van der Waals surface area contributed by atoms with Gasteiger partial charge in [-0.25, -0.2) is 4.79 Å². The Hall–Kier alpha value is -2.87. The lowest BCUT2D eigenvalue weighted by Crippen LogP contribution is -2.54. The molecule has 3 N–H and O–H groups in total. The smallest absolute Gasteiger partial charge is 0.408 e. The Morgan fingerprint density at radius 2 is 1.88 bits per heavy atom. The zero-order valence-corrected chi connectivity index (χ0v) is 21.4. The Morgan fingerprint density at radius 1 is 1.21 bits per heavy atom. The molecule has 8 heteroatoms. The van der Waals surface area contributed by atoms with Gasteiger partial charge in [-0.1, -0.05) is 49.6 Å². The number of carbonyl (C=O) groups is 3. The van der Waals surface area contributed by atoms with Crippen LogP contribution in [0.4, 0.5) is 4.79 Å². The van der Waals surface area contributed by atoms with Gasteiger partial charge in [0.1, 0.15) is 17.7 Å². The fourth-order valence-electron chi connectivity index (χ4n) is 3.49. The first-order valence-electron chi connectivity index (χ1n) is 11.8. The SMILES string of the molecule is C=CCN(C(=O)C(CO)NC(=O)OC(C)(C)C)C(C(=O)NCCCCC)c1cc(C)ccc1C.